The highest BCUT2D eigenvalue weighted by atomic mass is 35.5. The number of carboxylic acids is 1. The average Bonchev–Trinajstić information content (AvgIpc) is 2.84. The number of carbonyl (C=O) groups excluding carboxylic acids is 1. The third kappa shape index (κ3) is 2.96. The topological polar surface area (TPSA) is 66.4 Å². The molecule has 108 valence electrons. The van der Waals surface area contributed by atoms with E-state index >= 15 is 0 Å². The van der Waals surface area contributed by atoms with Crippen LogP contribution >= 0.6 is 11.6 Å². The van der Waals surface area contributed by atoms with Crippen molar-refractivity contribution in [3.05, 3.63) is 28.8 Å². The predicted octanol–water partition coefficient (Wildman–Crippen LogP) is 3.62. The van der Waals surface area contributed by atoms with Crippen LogP contribution in [-0.2, 0) is 9.59 Å². The lowest BCUT2D eigenvalue weighted by Crippen LogP contribution is -2.32. The Balaban J connectivity index is 2.11. The first-order chi connectivity index (χ1) is 9.44. The second-order valence-electron chi connectivity index (χ2n) is 5.45. The number of aliphatic carboxylic acids is 1. The van der Waals surface area contributed by atoms with E-state index in [1.54, 1.807) is 6.07 Å². The molecular formula is C15H18ClNO3. The normalized spacial score (nSPS) is 16.9. The van der Waals surface area contributed by atoms with Crippen LogP contribution in [0.5, 0.6) is 0 Å². The zero-order valence-electron chi connectivity index (χ0n) is 11.4. The van der Waals surface area contributed by atoms with E-state index in [-0.39, 0.29) is 12.3 Å². The summed E-state index contributed by atoms with van der Waals surface area (Å²) in [5.41, 5.74) is 0.526. The van der Waals surface area contributed by atoms with E-state index in [1.165, 1.54) is 0 Å². The molecule has 4 nitrogen and oxygen atoms in total. The van der Waals surface area contributed by atoms with Gasteiger partial charge in [-0.05, 0) is 31.4 Å². The van der Waals surface area contributed by atoms with Crippen molar-refractivity contribution < 1.29 is 14.7 Å². The monoisotopic (exact) mass is 295 g/mol. The first-order valence-corrected chi connectivity index (χ1v) is 7.11. The van der Waals surface area contributed by atoms with Gasteiger partial charge in [0.25, 0.3) is 0 Å². The van der Waals surface area contributed by atoms with Gasteiger partial charge >= 0.3 is 5.97 Å². The number of anilines is 1. The molecular weight excluding hydrogens is 278 g/mol. The summed E-state index contributed by atoms with van der Waals surface area (Å²) in [5.74, 6) is -1.16. The van der Waals surface area contributed by atoms with Gasteiger partial charge in [-0.1, -0.05) is 36.6 Å². The number of benzene rings is 1. The number of hydrogen-bond donors (Lipinski definition) is 2. The minimum atomic E-state index is -0.904. The molecule has 1 fully saturated rings. The number of amides is 1. The van der Waals surface area contributed by atoms with E-state index in [0.717, 1.165) is 18.4 Å². The molecule has 1 saturated carbocycles. The van der Waals surface area contributed by atoms with Crippen LogP contribution in [0.2, 0.25) is 5.02 Å². The highest BCUT2D eigenvalue weighted by Crippen LogP contribution is 2.41. The van der Waals surface area contributed by atoms with Gasteiger partial charge in [-0.2, -0.15) is 0 Å². The van der Waals surface area contributed by atoms with Crippen LogP contribution < -0.4 is 5.32 Å². The van der Waals surface area contributed by atoms with Gasteiger partial charge in [0.15, 0.2) is 0 Å². The van der Waals surface area contributed by atoms with Crippen LogP contribution in [0.1, 0.15) is 37.7 Å². The lowest BCUT2D eigenvalue weighted by molar-refractivity contribution is -0.150. The number of rotatable bonds is 4. The molecule has 5 heteroatoms. The number of para-hydroxylation sites is 1. The summed E-state index contributed by atoms with van der Waals surface area (Å²) >= 11 is 6.06. The van der Waals surface area contributed by atoms with E-state index < -0.39 is 11.4 Å². The van der Waals surface area contributed by atoms with Crippen LogP contribution in [0.15, 0.2) is 18.2 Å². The lowest BCUT2D eigenvalue weighted by Gasteiger charge is -2.23. The van der Waals surface area contributed by atoms with Gasteiger partial charge in [0.2, 0.25) is 5.91 Å². The molecule has 0 bridgehead atoms. The highest BCUT2D eigenvalue weighted by Gasteiger charge is 2.43. The molecule has 0 atom stereocenters. The molecule has 0 aromatic heterocycles. The van der Waals surface area contributed by atoms with Crippen molar-refractivity contribution in [2.45, 2.75) is 39.0 Å². The first-order valence-electron chi connectivity index (χ1n) is 6.73. The molecule has 0 spiro atoms. The third-order valence-corrected chi connectivity index (χ3v) is 4.31. The van der Waals surface area contributed by atoms with Gasteiger partial charge < -0.3 is 10.4 Å². The quantitative estimate of drug-likeness (QED) is 0.891. The van der Waals surface area contributed by atoms with Gasteiger partial charge in [0.05, 0.1) is 16.1 Å². The van der Waals surface area contributed by atoms with Crippen molar-refractivity contribution in [1.82, 2.24) is 0 Å². The van der Waals surface area contributed by atoms with Gasteiger partial charge in [-0.3, -0.25) is 9.59 Å². The molecule has 1 aromatic rings. The average molecular weight is 296 g/mol. The summed E-state index contributed by atoms with van der Waals surface area (Å²) in [6.45, 7) is 1.85. The second kappa shape index (κ2) is 5.83. The van der Waals surface area contributed by atoms with Crippen LogP contribution in [0.25, 0.3) is 0 Å². The maximum absolute atomic E-state index is 12.1. The SMILES string of the molecule is Cc1cccc(Cl)c1NC(=O)CC1(C(=O)O)CCCC1. The number of carboxylic acid groups (broad SMARTS) is 1. The van der Waals surface area contributed by atoms with Crippen molar-refractivity contribution in [3.8, 4) is 0 Å². The lowest BCUT2D eigenvalue weighted by atomic mass is 9.82. The number of aryl methyl sites for hydroxylation is 1. The van der Waals surface area contributed by atoms with Gasteiger partial charge in [0.1, 0.15) is 0 Å². The molecule has 1 aliphatic rings. The molecule has 1 aliphatic carbocycles. The molecule has 0 unspecified atom stereocenters. The van der Waals surface area contributed by atoms with E-state index in [2.05, 4.69) is 5.32 Å². The zero-order chi connectivity index (χ0) is 14.8. The van der Waals surface area contributed by atoms with Crippen molar-refractivity contribution in [2.75, 3.05) is 5.32 Å². The summed E-state index contributed by atoms with van der Waals surface area (Å²) in [7, 11) is 0. The predicted molar refractivity (Wildman–Crippen MR) is 78.0 cm³/mol. The molecule has 0 heterocycles. The second-order valence-corrected chi connectivity index (χ2v) is 5.86. The number of hydrogen-bond acceptors (Lipinski definition) is 2. The zero-order valence-corrected chi connectivity index (χ0v) is 12.2. The van der Waals surface area contributed by atoms with Crippen molar-refractivity contribution in [3.63, 3.8) is 0 Å². The fourth-order valence-corrected chi connectivity index (χ4v) is 3.07. The minimum Gasteiger partial charge on any atom is -0.481 e. The minimum absolute atomic E-state index is 0.00694. The molecule has 0 radical (unpaired) electrons. The summed E-state index contributed by atoms with van der Waals surface area (Å²) in [4.78, 5) is 23.6. The highest BCUT2D eigenvalue weighted by molar-refractivity contribution is 6.33. The first kappa shape index (κ1) is 14.9. The Morgan fingerprint density at radius 1 is 1.35 bits per heavy atom. The Morgan fingerprint density at radius 2 is 2.00 bits per heavy atom. The molecule has 20 heavy (non-hydrogen) atoms. The third-order valence-electron chi connectivity index (χ3n) is 4.00. The van der Waals surface area contributed by atoms with Crippen molar-refractivity contribution >= 4 is 29.2 Å². The molecule has 2 rings (SSSR count). The van der Waals surface area contributed by atoms with Crippen LogP contribution in [-0.4, -0.2) is 17.0 Å². The molecule has 1 aromatic carbocycles. The molecule has 0 saturated heterocycles. The number of halogens is 1. The smallest absolute Gasteiger partial charge is 0.310 e. The maximum Gasteiger partial charge on any atom is 0.310 e. The Hall–Kier alpha value is -1.55. The Kier molecular flexibility index (Phi) is 4.33. The fraction of sp³-hybridized carbons (Fsp3) is 0.467. The van der Waals surface area contributed by atoms with E-state index in [9.17, 15) is 14.7 Å². The van der Waals surface area contributed by atoms with Crippen molar-refractivity contribution in [2.24, 2.45) is 5.41 Å². The Bertz CT molecular complexity index is 516. The summed E-state index contributed by atoms with van der Waals surface area (Å²) in [6, 6.07) is 5.36. The number of nitrogens with one attached hydrogen (secondary N) is 1. The molecule has 1 amide bonds. The number of carbonyl (C=O) groups is 2. The van der Waals surface area contributed by atoms with Crippen LogP contribution in [0, 0.1) is 12.3 Å². The Morgan fingerprint density at radius 3 is 2.55 bits per heavy atom. The molecule has 2 N–H and O–H groups in total. The molecule has 0 aliphatic heterocycles. The van der Waals surface area contributed by atoms with Gasteiger partial charge in [0, 0.05) is 6.42 Å². The largest absolute Gasteiger partial charge is 0.481 e. The maximum atomic E-state index is 12.1. The van der Waals surface area contributed by atoms with E-state index in [1.807, 2.05) is 19.1 Å². The van der Waals surface area contributed by atoms with Crippen LogP contribution in [0.4, 0.5) is 5.69 Å². The summed E-state index contributed by atoms with van der Waals surface area (Å²) in [6.07, 6.45) is 2.87. The van der Waals surface area contributed by atoms with Gasteiger partial charge in [-0.25, -0.2) is 0 Å². The van der Waals surface area contributed by atoms with E-state index in [0.29, 0.717) is 23.6 Å². The summed E-state index contributed by atoms with van der Waals surface area (Å²) in [5, 5.41) is 12.6. The standard InChI is InChI=1S/C15H18ClNO3/c1-10-5-4-6-11(16)13(10)17-12(18)9-15(14(19)20)7-2-3-8-15/h4-6H,2-3,7-9H2,1H3,(H,17,18)(H,19,20). The van der Waals surface area contributed by atoms with Gasteiger partial charge in [-0.15, -0.1) is 0 Å². The summed E-state index contributed by atoms with van der Waals surface area (Å²) < 4.78 is 0. The van der Waals surface area contributed by atoms with Crippen LogP contribution in [0.3, 0.4) is 0 Å². The van der Waals surface area contributed by atoms with Crippen molar-refractivity contribution in [1.29, 1.82) is 0 Å². The van der Waals surface area contributed by atoms with E-state index in [4.69, 9.17) is 11.6 Å². The fourth-order valence-electron chi connectivity index (χ4n) is 2.80. The Labute approximate surface area is 123 Å².